The summed E-state index contributed by atoms with van der Waals surface area (Å²) in [4.78, 5) is 13.1. The van der Waals surface area contributed by atoms with Crippen molar-refractivity contribution in [1.82, 2.24) is 0 Å². The number of rotatable bonds is 4. The van der Waals surface area contributed by atoms with Gasteiger partial charge in [-0.3, -0.25) is 4.79 Å². The second-order valence-electron chi connectivity index (χ2n) is 9.01. The third-order valence-electron chi connectivity index (χ3n) is 6.86. The molecule has 3 aliphatic carbocycles. The largest absolute Gasteiger partial charge is 0.508 e. The summed E-state index contributed by atoms with van der Waals surface area (Å²) in [5, 5.41) is 51.3. The van der Waals surface area contributed by atoms with Crippen LogP contribution in [0.4, 0.5) is 0 Å². The Hall–Kier alpha value is -4.03. The van der Waals surface area contributed by atoms with Crippen LogP contribution in [-0.4, -0.2) is 36.9 Å². The van der Waals surface area contributed by atoms with Gasteiger partial charge in [-0.05, 0) is 70.7 Å². The molecule has 4 atom stereocenters. The predicted octanol–water partition coefficient (Wildman–Crippen LogP) is 4.35. The molecule has 1 fully saturated rings. The van der Waals surface area contributed by atoms with Crippen molar-refractivity contribution in [3.05, 3.63) is 101 Å². The van der Waals surface area contributed by atoms with Crippen molar-refractivity contribution in [1.29, 1.82) is 0 Å². The van der Waals surface area contributed by atoms with Gasteiger partial charge in [-0.15, -0.1) is 0 Å². The number of hydrogen-bond donors (Lipinski definition) is 5. The van der Waals surface area contributed by atoms with Crippen molar-refractivity contribution >= 4 is 11.9 Å². The number of hydrogen-bond acceptors (Lipinski definition) is 6. The van der Waals surface area contributed by atoms with Crippen LogP contribution in [0.2, 0.25) is 0 Å². The van der Waals surface area contributed by atoms with Crippen LogP contribution < -0.4 is 0 Å². The molecule has 0 amide bonds. The van der Waals surface area contributed by atoms with E-state index >= 15 is 0 Å². The molecule has 0 heterocycles. The second kappa shape index (κ2) is 8.08. The van der Waals surface area contributed by atoms with Crippen molar-refractivity contribution in [3.8, 4) is 23.0 Å². The Balaban J connectivity index is 1.65. The summed E-state index contributed by atoms with van der Waals surface area (Å²) in [6, 6.07) is 17.5. The van der Waals surface area contributed by atoms with Crippen LogP contribution in [0, 0.1) is 5.92 Å². The molecule has 0 aliphatic heterocycles. The highest BCUT2D eigenvalue weighted by molar-refractivity contribution is 5.94. The van der Waals surface area contributed by atoms with Crippen molar-refractivity contribution in [2.24, 2.45) is 5.92 Å². The lowest BCUT2D eigenvalue weighted by molar-refractivity contribution is -0.142. The average molecular weight is 456 g/mol. The van der Waals surface area contributed by atoms with Gasteiger partial charge in [-0.2, -0.15) is 0 Å². The number of aromatic hydroxyl groups is 4. The normalized spacial score (nSPS) is 26.1. The molecule has 5 N–H and O–H groups in total. The summed E-state index contributed by atoms with van der Waals surface area (Å²) in [6.07, 6.45) is 5.46. The molecule has 4 unspecified atom stereocenters. The number of fused-ring (bicyclic) bond motifs is 2. The summed E-state index contributed by atoms with van der Waals surface area (Å²) in [6.45, 7) is 0. The van der Waals surface area contributed by atoms with Gasteiger partial charge in [-0.1, -0.05) is 36.4 Å². The predicted molar refractivity (Wildman–Crippen MR) is 127 cm³/mol. The highest BCUT2D eigenvalue weighted by Gasteiger charge is 2.58. The Bertz CT molecular complexity index is 1290. The molecule has 172 valence electrons. The Morgan fingerprint density at radius 2 is 1.32 bits per heavy atom. The summed E-state index contributed by atoms with van der Waals surface area (Å²) in [5.41, 5.74) is 1.09. The highest BCUT2D eigenvalue weighted by atomic mass is 16.3. The number of Topliss-reactive ketones (excluding diaryl/α,β-unsaturated/α-hetero) is 1. The lowest BCUT2D eigenvalue weighted by atomic mass is 9.53. The number of allylic oxidation sites excluding steroid dienone is 2. The Labute approximate surface area is 196 Å². The molecule has 3 aromatic rings. The third kappa shape index (κ3) is 3.72. The third-order valence-corrected chi connectivity index (χ3v) is 6.86. The second-order valence-corrected chi connectivity index (χ2v) is 9.01. The van der Waals surface area contributed by atoms with Crippen molar-refractivity contribution < 1.29 is 30.3 Å². The Morgan fingerprint density at radius 3 is 1.94 bits per heavy atom. The van der Waals surface area contributed by atoms with E-state index in [1.165, 1.54) is 18.2 Å². The highest BCUT2D eigenvalue weighted by Crippen LogP contribution is 2.58. The first-order chi connectivity index (χ1) is 16.2. The number of carbonyl (C=O) groups excluding carboxylic acids is 1. The number of benzene rings is 3. The zero-order valence-electron chi connectivity index (χ0n) is 18.2. The van der Waals surface area contributed by atoms with Gasteiger partial charge in [0.05, 0.1) is 0 Å². The maximum absolute atomic E-state index is 13.1. The molecule has 0 saturated heterocycles. The molecule has 6 rings (SSSR count). The molecule has 3 aromatic carbocycles. The molecule has 0 spiro atoms. The fourth-order valence-corrected chi connectivity index (χ4v) is 5.36. The van der Waals surface area contributed by atoms with Gasteiger partial charge < -0.3 is 25.5 Å². The van der Waals surface area contributed by atoms with E-state index in [1.807, 2.05) is 12.2 Å². The van der Waals surface area contributed by atoms with Gasteiger partial charge in [0.15, 0.2) is 5.78 Å². The van der Waals surface area contributed by atoms with Crippen LogP contribution in [-0.2, 0) is 4.79 Å². The quantitative estimate of drug-likeness (QED) is 0.398. The smallest absolute Gasteiger partial charge is 0.169 e. The van der Waals surface area contributed by atoms with Crippen molar-refractivity contribution in [3.63, 3.8) is 0 Å². The average Bonchev–Trinajstić information content (AvgIpc) is 2.79. The van der Waals surface area contributed by atoms with E-state index in [9.17, 15) is 30.3 Å². The summed E-state index contributed by atoms with van der Waals surface area (Å²) < 4.78 is 0. The van der Waals surface area contributed by atoms with E-state index in [4.69, 9.17) is 0 Å². The zero-order valence-corrected chi connectivity index (χ0v) is 18.2. The lowest BCUT2D eigenvalue weighted by Gasteiger charge is -2.51. The molecule has 1 saturated carbocycles. The molecule has 6 nitrogen and oxygen atoms in total. The number of ketones is 1. The lowest BCUT2D eigenvalue weighted by Crippen LogP contribution is -2.55. The van der Waals surface area contributed by atoms with Crippen LogP contribution in [0.15, 0.2) is 84.5 Å². The molecule has 3 aliphatic rings. The first-order valence-corrected chi connectivity index (χ1v) is 11.0. The van der Waals surface area contributed by atoms with Crippen LogP contribution in [0.25, 0.3) is 6.08 Å². The molecular formula is C28H24O6. The first-order valence-electron chi connectivity index (χ1n) is 11.0. The van der Waals surface area contributed by atoms with E-state index in [0.29, 0.717) is 5.56 Å². The van der Waals surface area contributed by atoms with Crippen LogP contribution in [0.5, 0.6) is 23.0 Å². The number of phenols is 4. The van der Waals surface area contributed by atoms with Gasteiger partial charge in [-0.25, -0.2) is 0 Å². The number of aliphatic hydroxyl groups is 1. The summed E-state index contributed by atoms with van der Waals surface area (Å²) in [7, 11) is 0. The molecule has 34 heavy (non-hydrogen) atoms. The van der Waals surface area contributed by atoms with Gasteiger partial charge in [0.1, 0.15) is 28.6 Å². The van der Waals surface area contributed by atoms with E-state index in [2.05, 4.69) is 0 Å². The maximum atomic E-state index is 13.1. The SMILES string of the molecule is O=C1CC2C(C=Cc3ccc(O)cc3)=CC1(O)C(c1cc(O)cc(O)c1)C2c1ccc(O)cc1. The Morgan fingerprint density at radius 1 is 0.735 bits per heavy atom. The van der Waals surface area contributed by atoms with Gasteiger partial charge in [0.2, 0.25) is 0 Å². The van der Waals surface area contributed by atoms with E-state index < -0.39 is 11.5 Å². The minimum absolute atomic E-state index is 0.106. The number of carbonyl (C=O) groups is 1. The standard InChI is InChI=1S/C28H24O6/c29-20-7-2-16(3-8-20)1-4-18-15-28(34)25(33)14-24(18)26(17-5-9-21(30)10-6-17)27(28)19-11-22(31)13-23(32)12-19/h1-13,15,24,26-27,29-32,34H,14H2. The van der Waals surface area contributed by atoms with E-state index in [-0.39, 0.29) is 47.0 Å². The Kier molecular flexibility index (Phi) is 5.18. The zero-order chi connectivity index (χ0) is 24.0. The van der Waals surface area contributed by atoms with Crippen LogP contribution in [0.3, 0.4) is 0 Å². The van der Waals surface area contributed by atoms with Crippen LogP contribution >= 0.6 is 0 Å². The summed E-state index contributed by atoms with van der Waals surface area (Å²) >= 11 is 0. The number of phenolic OH excluding ortho intramolecular Hbond substituents is 4. The molecule has 6 heteroatoms. The summed E-state index contributed by atoms with van der Waals surface area (Å²) in [5.74, 6) is -1.73. The van der Waals surface area contributed by atoms with Crippen molar-refractivity contribution in [2.45, 2.75) is 23.9 Å². The minimum atomic E-state index is -1.84. The van der Waals surface area contributed by atoms with Crippen molar-refractivity contribution in [2.75, 3.05) is 0 Å². The first kappa shape index (κ1) is 21.8. The van der Waals surface area contributed by atoms with Gasteiger partial charge in [0, 0.05) is 24.3 Å². The maximum Gasteiger partial charge on any atom is 0.169 e. The molecule has 0 aromatic heterocycles. The topological polar surface area (TPSA) is 118 Å². The van der Waals surface area contributed by atoms with Crippen LogP contribution in [0.1, 0.15) is 34.9 Å². The fraction of sp³-hybridized carbons (Fsp3) is 0.179. The van der Waals surface area contributed by atoms with Gasteiger partial charge in [0.25, 0.3) is 0 Å². The van der Waals surface area contributed by atoms with E-state index in [0.717, 1.165) is 16.7 Å². The molecule has 2 bridgehead atoms. The monoisotopic (exact) mass is 456 g/mol. The minimum Gasteiger partial charge on any atom is -0.508 e. The van der Waals surface area contributed by atoms with E-state index in [1.54, 1.807) is 54.6 Å². The molecule has 0 radical (unpaired) electrons. The fourth-order valence-electron chi connectivity index (χ4n) is 5.36. The van der Waals surface area contributed by atoms with Gasteiger partial charge >= 0.3 is 0 Å². The molecular weight excluding hydrogens is 432 g/mol.